The fourth-order valence-electron chi connectivity index (χ4n) is 3.07. The predicted octanol–water partition coefficient (Wildman–Crippen LogP) is 6.07. The van der Waals surface area contributed by atoms with Crippen LogP contribution in [-0.4, -0.2) is 27.6 Å². The molecule has 0 spiro atoms. The van der Waals surface area contributed by atoms with Gasteiger partial charge in [0, 0.05) is 29.4 Å². The second-order valence-electron chi connectivity index (χ2n) is 7.49. The number of aliphatic carboxylic acids is 1. The van der Waals surface area contributed by atoms with Crippen LogP contribution in [0.25, 0.3) is 11.3 Å². The summed E-state index contributed by atoms with van der Waals surface area (Å²) >= 11 is 13.8. The maximum Gasteiger partial charge on any atom is 0.308 e. The Kier molecular flexibility index (Phi) is 7.69. The molecule has 1 aromatic carbocycles. The number of carboxylic acids is 1. The molecule has 0 fully saturated rings. The summed E-state index contributed by atoms with van der Waals surface area (Å²) in [7, 11) is 0. The van der Waals surface area contributed by atoms with Gasteiger partial charge in [-0.1, -0.05) is 43.1 Å². The summed E-state index contributed by atoms with van der Waals surface area (Å²) in [5.41, 5.74) is 2.70. The van der Waals surface area contributed by atoms with Crippen molar-refractivity contribution >= 4 is 45.6 Å². The fourth-order valence-corrected chi connectivity index (χ4v) is 4.57. The molecular formula is C22H23Cl2N3O2S. The first kappa shape index (κ1) is 22.5. The molecule has 0 aliphatic rings. The van der Waals surface area contributed by atoms with E-state index in [4.69, 9.17) is 28.2 Å². The second-order valence-corrected chi connectivity index (χ2v) is 9.39. The zero-order valence-corrected chi connectivity index (χ0v) is 19.1. The number of nitrogens with zero attached hydrogens (tertiary/aromatic N) is 2. The van der Waals surface area contributed by atoms with Gasteiger partial charge >= 0.3 is 5.97 Å². The van der Waals surface area contributed by atoms with Gasteiger partial charge in [-0.15, -0.1) is 11.3 Å². The lowest BCUT2D eigenvalue weighted by atomic mass is 10.0. The molecule has 5 nitrogen and oxygen atoms in total. The van der Waals surface area contributed by atoms with E-state index in [1.807, 2.05) is 24.3 Å². The third kappa shape index (κ3) is 5.94. The van der Waals surface area contributed by atoms with E-state index in [9.17, 15) is 9.90 Å². The number of nitrogens with one attached hydrogen (secondary N) is 1. The average Bonchev–Trinajstić information content (AvgIpc) is 3.09. The molecule has 2 N–H and O–H groups in total. The number of carbonyl (C=O) groups is 1. The van der Waals surface area contributed by atoms with E-state index in [0.29, 0.717) is 27.5 Å². The fraction of sp³-hybridized carbons (Fsp3) is 0.318. The van der Waals surface area contributed by atoms with Crippen LogP contribution in [0.3, 0.4) is 0 Å². The van der Waals surface area contributed by atoms with Gasteiger partial charge in [0.05, 0.1) is 21.7 Å². The van der Waals surface area contributed by atoms with E-state index in [-0.39, 0.29) is 6.54 Å². The third-order valence-electron chi connectivity index (χ3n) is 4.56. The number of hydrogen-bond acceptors (Lipinski definition) is 5. The highest BCUT2D eigenvalue weighted by molar-refractivity contribution is 7.16. The molecule has 0 saturated heterocycles. The highest BCUT2D eigenvalue weighted by Gasteiger charge is 2.20. The van der Waals surface area contributed by atoms with E-state index < -0.39 is 11.9 Å². The highest BCUT2D eigenvalue weighted by atomic mass is 35.5. The van der Waals surface area contributed by atoms with Gasteiger partial charge in [-0.25, -0.2) is 4.98 Å². The predicted molar refractivity (Wildman–Crippen MR) is 124 cm³/mol. The molecule has 1 unspecified atom stereocenters. The van der Waals surface area contributed by atoms with E-state index in [1.54, 1.807) is 29.8 Å². The van der Waals surface area contributed by atoms with Gasteiger partial charge in [0.25, 0.3) is 0 Å². The molecule has 0 saturated carbocycles. The summed E-state index contributed by atoms with van der Waals surface area (Å²) in [6.45, 7) is 4.59. The number of carboxylic acid groups (broad SMARTS) is 1. The van der Waals surface area contributed by atoms with Crippen LogP contribution in [0.5, 0.6) is 0 Å². The van der Waals surface area contributed by atoms with E-state index in [1.165, 1.54) is 0 Å². The average molecular weight is 464 g/mol. The van der Waals surface area contributed by atoms with Gasteiger partial charge in [-0.05, 0) is 48.6 Å². The normalized spacial score (nSPS) is 12.2. The smallest absolute Gasteiger partial charge is 0.308 e. The summed E-state index contributed by atoms with van der Waals surface area (Å²) in [4.78, 5) is 21.6. The van der Waals surface area contributed by atoms with Crippen molar-refractivity contribution in [2.45, 2.75) is 26.7 Å². The Morgan fingerprint density at radius 3 is 2.50 bits per heavy atom. The monoisotopic (exact) mass is 463 g/mol. The summed E-state index contributed by atoms with van der Waals surface area (Å²) in [5.74, 6) is -0.959. The molecule has 2 heterocycles. The maximum atomic E-state index is 11.7. The van der Waals surface area contributed by atoms with E-state index in [0.717, 1.165) is 28.1 Å². The second kappa shape index (κ2) is 10.2. The van der Waals surface area contributed by atoms with Crippen molar-refractivity contribution in [3.63, 3.8) is 0 Å². The molecule has 0 bridgehead atoms. The molecule has 3 aromatic rings. The van der Waals surface area contributed by atoms with E-state index >= 15 is 0 Å². The first-order chi connectivity index (χ1) is 14.3. The van der Waals surface area contributed by atoms with Crippen molar-refractivity contribution in [1.29, 1.82) is 0 Å². The van der Waals surface area contributed by atoms with Crippen molar-refractivity contribution in [3.05, 3.63) is 63.2 Å². The van der Waals surface area contributed by atoms with Crippen LogP contribution in [-0.2, 0) is 17.6 Å². The molecule has 1 atom stereocenters. The summed E-state index contributed by atoms with van der Waals surface area (Å²) < 4.78 is 0. The number of aromatic nitrogens is 2. The van der Waals surface area contributed by atoms with Crippen molar-refractivity contribution < 1.29 is 9.90 Å². The lowest BCUT2D eigenvalue weighted by Crippen LogP contribution is -2.25. The molecule has 0 aliphatic carbocycles. The Balaban J connectivity index is 1.80. The van der Waals surface area contributed by atoms with Gasteiger partial charge in [0.2, 0.25) is 0 Å². The molecule has 2 aromatic heterocycles. The molecule has 8 heteroatoms. The van der Waals surface area contributed by atoms with Crippen LogP contribution >= 0.6 is 34.5 Å². The van der Waals surface area contributed by atoms with E-state index in [2.05, 4.69) is 24.1 Å². The minimum Gasteiger partial charge on any atom is -0.481 e. The molecule has 0 radical (unpaired) electrons. The molecule has 0 amide bonds. The highest BCUT2D eigenvalue weighted by Crippen LogP contribution is 2.35. The Hall–Kier alpha value is -2.15. The van der Waals surface area contributed by atoms with Gasteiger partial charge in [0.1, 0.15) is 0 Å². The molecule has 0 aliphatic heterocycles. The molecular weight excluding hydrogens is 441 g/mol. The van der Waals surface area contributed by atoms with Crippen LogP contribution in [0.15, 0.2) is 42.7 Å². The zero-order valence-electron chi connectivity index (χ0n) is 16.7. The van der Waals surface area contributed by atoms with Crippen LogP contribution in [0.1, 0.15) is 24.3 Å². The summed E-state index contributed by atoms with van der Waals surface area (Å²) in [6, 6.07) is 9.15. The van der Waals surface area contributed by atoms with Crippen LogP contribution < -0.4 is 5.32 Å². The van der Waals surface area contributed by atoms with Crippen molar-refractivity contribution in [2.75, 3.05) is 11.9 Å². The van der Waals surface area contributed by atoms with Crippen molar-refractivity contribution in [3.8, 4) is 11.3 Å². The minimum atomic E-state index is -0.844. The Morgan fingerprint density at radius 2 is 1.87 bits per heavy atom. The maximum absolute atomic E-state index is 11.7. The van der Waals surface area contributed by atoms with Gasteiger partial charge in [-0.3, -0.25) is 9.78 Å². The summed E-state index contributed by atoms with van der Waals surface area (Å²) in [6.07, 6.45) is 4.64. The van der Waals surface area contributed by atoms with Gasteiger partial charge in [0.15, 0.2) is 5.13 Å². The first-order valence-electron chi connectivity index (χ1n) is 9.64. The minimum absolute atomic E-state index is 0.285. The number of hydrogen-bond donors (Lipinski definition) is 2. The van der Waals surface area contributed by atoms with Crippen LogP contribution in [0, 0.1) is 11.8 Å². The van der Waals surface area contributed by atoms with Gasteiger partial charge < -0.3 is 10.4 Å². The Bertz CT molecular complexity index is 1010. The van der Waals surface area contributed by atoms with Gasteiger partial charge in [-0.2, -0.15) is 0 Å². The molecule has 30 heavy (non-hydrogen) atoms. The lowest BCUT2D eigenvalue weighted by molar-refractivity contribution is -0.141. The number of anilines is 1. The number of thiazole rings is 1. The van der Waals surface area contributed by atoms with Crippen molar-refractivity contribution in [2.24, 2.45) is 11.8 Å². The zero-order chi connectivity index (χ0) is 21.7. The quantitative estimate of drug-likeness (QED) is 0.402. The van der Waals surface area contributed by atoms with Crippen LogP contribution in [0.2, 0.25) is 10.0 Å². The standard InChI is InChI=1S/C22H23Cl2N3O2S/c1-13(2)9-19-20(15-3-4-17(23)18(24)11-15)27-22(30-19)26-12-16(21(28)29)10-14-5-7-25-8-6-14/h3-8,11,13,16H,9-10,12H2,1-2H3,(H,26,27)(H,28,29). The van der Waals surface area contributed by atoms with Crippen LogP contribution in [0.4, 0.5) is 5.13 Å². The molecule has 3 rings (SSSR count). The SMILES string of the molecule is CC(C)Cc1sc(NCC(Cc2ccncc2)C(=O)O)nc1-c1ccc(Cl)c(Cl)c1. The number of rotatable bonds is 9. The van der Waals surface area contributed by atoms with Crippen molar-refractivity contribution in [1.82, 2.24) is 9.97 Å². The Labute approximate surface area is 190 Å². The summed E-state index contributed by atoms with van der Waals surface area (Å²) in [5, 5.41) is 14.5. The largest absolute Gasteiger partial charge is 0.481 e. The first-order valence-corrected chi connectivity index (χ1v) is 11.2. The third-order valence-corrected chi connectivity index (χ3v) is 6.34. The number of halogens is 2. The lowest BCUT2D eigenvalue weighted by Gasteiger charge is -2.12. The number of pyridine rings is 1. The Morgan fingerprint density at radius 1 is 1.13 bits per heavy atom. The number of benzene rings is 1. The molecule has 158 valence electrons. The topological polar surface area (TPSA) is 75.1 Å².